The van der Waals surface area contributed by atoms with Gasteiger partial charge < -0.3 is 15.4 Å². The molecule has 2 aromatic carbocycles. The number of ether oxygens (including phenoxy) is 1. The Hall–Kier alpha value is -2.58. The monoisotopic (exact) mass is 414 g/mol. The Balaban J connectivity index is 1.49. The van der Waals surface area contributed by atoms with Crippen LogP contribution in [0.15, 0.2) is 52.9 Å². The van der Waals surface area contributed by atoms with Gasteiger partial charge in [0.25, 0.3) is 0 Å². The van der Waals surface area contributed by atoms with E-state index in [0.29, 0.717) is 11.7 Å². The van der Waals surface area contributed by atoms with E-state index in [1.807, 2.05) is 62.4 Å². The highest BCUT2D eigenvalue weighted by atomic mass is 32.2. The zero-order chi connectivity index (χ0) is 19.9. The number of carbonyl (C=O) groups is 1. The van der Waals surface area contributed by atoms with E-state index in [-0.39, 0.29) is 11.2 Å². The number of aromatic nitrogens is 2. The lowest BCUT2D eigenvalue weighted by Gasteiger charge is -2.10. The van der Waals surface area contributed by atoms with Crippen LogP contribution in [-0.2, 0) is 11.3 Å². The number of hydrogen-bond acceptors (Lipinski definition) is 7. The minimum Gasteiger partial charge on any atom is -0.497 e. The van der Waals surface area contributed by atoms with Gasteiger partial charge in [0.2, 0.25) is 11.0 Å². The van der Waals surface area contributed by atoms with E-state index in [0.717, 1.165) is 21.3 Å². The predicted octanol–water partition coefficient (Wildman–Crippen LogP) is 4.40. The first-order valence-electron chi connectivity index (χ1n) is 8.78. The number of rotatable bonds is 8. The number of methoxy groups -OCH3 is 1. The van der Waals surface area contributed by atoms with Crippen LogP contribution in [0.2, 0.25) is 0 Å². The van der Waals surface area contributed by atoms with Gasteiger partial charge in [0.15, 0.2) is 4.34 Å². The molecule has 0 saturated heterocycles. The number of nitrogens with zero attached hydrogens (tertiary/aromatic N) is 2. The van der Waals surface area contributed by atoms with Crippen molar-refractivity contribution in [1.82, 2.24) is 15.5 Å². The zero-order valence-electron chi connectivity index (χ0n) is 15.9. The van der Waals surface area contributed by atoms with Crippen molar-refractivity contribution in [3.8, 4) is 5.75 Å². The molecule has 0 aliphatic carbocycles. The molecule has 3 aromatic rings. The Morgan fingerprint density at radius 2 is 1.86 bits per heavy atom. The summed E-state index contributed by atoms with van der Waals surface area (Å²) in [6.45, 7) is 4.39. The highest BCUT2D eigenvalue weighted by Gasteiger charge is 2.17. The van der Waals surface area contributed by atoms with Crippen LogP contribution in [0.1, 0.15) is 18.1 Å². The number of carbonyl (C=O) groups excluding carboxylic acids is 1. The molecular weight excluding hydrogens is 392 g/mol. The summed E-state index contributed by atoms with van der Waals surface area (Å²) in [7, 11) is 1.63. The highest BCUT2D eigenvalue weighted by molar-refractivity contribution is 8.02. The van der Waals surface area contributed by atoms with E-state index < -0.39 is 0 Å². The summed E-state index contributed by atoms with van der Waals surface area (Å²) >= 11 is 2.83. The van der Waals surface area contributed by atoms with Crippen molar-refractivity contribution >= 4 is 39.8 Å². The van der Waals surface area contributed by atoms with Crippen molar-refractivity contribution in [1.29, 1.82) is 0 Å². The van der Waals surface area contributed by atoms with Gasteiger partial charge in [-0.15, -0.1) is 10.2 Å². The molecule has 146 valence electrons. The molecule has 0 saturated carbocycles. The summed E-state index contributed by atoms with van der Waals surface area (Å²) < 4.78 is 5.89. The maximum atomic E-state index is 12.4. The minimum atomic E-state index is -0.265. The predicted molar refractivity (Wildman–Crippen MR) is 115 cm³/mol. The van der Waals surface area contributed by atoms with Crippen LogP contribution in [-0.4, -0.2) is 28.5 Å². The number of nitrogens with one attached hydrogen (secondary N) is 2. The third-order valence-electron chi connectivity index (χ3n) is 3.98. The number of hydrogen-bond donors (Lipinski definition) is 2. The second kappa shape index (κ2) is 9.57. The number of anilines is 2. The quantitative estimate of drug-likeness (QED) is 0.532. The Morgan fingerprint density at radius 1 is 1.14 bits per heavy atom. The third-order valence-corrected chi connectivity index (χ3v) is 6.00. The van der Waals surface area contributed by atoms with E-state index in [1.165, 1.54) is 28.7 Å². The molecule has 1 atom stereocenters. The van der Waals surface area contributed by atoms with Crippen LogP contribution in [0.25, 0.3) is 0 Å². The molecule has 0 aliphatic rings. The fourth-order valence-electron chi connectivity index (χ4n) is 2.35. The minimum absolute atomic E-state index is 0.0379. The lowest BCUT2D eigenvalue weighted by molar-refractivity contribution is -0.120. The Kier molecular flexibility index (Phi) is 6.89. The summed E-state index contributed by atoms with van der Waals surface area (Å²) in [6, 6.07) is 15.7. The van der Waals surface area contributed by atoms with Gasteiger partial charge in [-0.3, -0.25) is 4.79 Å². The van der Waals surface area contributed by atoms with E-state index in [2.05, 4.69) is 20.8 Å². The van der Waals surface area contributed by atoms with Gasteiger partial charge in [-0.1, -0.05) is 52.9 Å². The van der Waals surface area contributed by atoms with Gasteiger partial charge in [-0.2, -0.15) is 0 Å². The largest absolute Gasteiger partial charge is 0.497 e. The van der Waals surface area contributed by atoms with Crippen molar-refractivity contribution in [3.63, 3.8) is 0 Å². The molecule has 2 N–H and O–H groups in total. The standard InChI is InChI=1S/C20H22N4O2S2/c1-13-4-8-16(9-5-13)22-19-23-24-20(28-19)27-14(2)18(25)21-12-15-6-10-17(26-3)11-7-15/h4-11,14H,12H2,1-3H3,(H,21,25)(H,22,23)/t14-/m1/s1. The molecule has 6 nitrogen and oxygen atoms in total. The fourth-order valence-corrected chi connectivity index (χ4v) is 4.29. The fraction of sp³-hybridized carbons (Fsp3) is 0.250. The molecule has 0 radical (unpaired) electrons. The average molecular weight is 415 g/mol. The molecule has 1 amide bonds. The summed E-state index contributed by atoms with van der Waals surface area (Å²) in [6.07, 6.45) is 0. The second-order valence-electron chi connectivity index (χ2n) is 6.19. The van der Waals surface area contributed by atoms with E-state index >= 15 is 0 Å². The van der Waals surface area contributed by atoms with Gasteiger partial charge >= 0.3 is 0 Å². The van der Waals surface area contributed by atoms with E-state index in [9.17, 15) is 4.79 Å². The molecule has 8 heteroatoms. The first-order chi connectivity index (χ1) is 13.5. The van der Waals surface area contributed by atoms with Gasteiger partial charge in [-0.05, 0) is 43.7 Å². The summed E-state index contributed by atoms with van der Waals surface area (Å²) in [5, 5.41) is 14.9. The van der Waals surface area contributed by atoms with Crippen molar-refractivity contribution in [3.05, 3.63) is 59.7 Å². The molecule has 1 aromatic heterocycles. The van der Waals surface area contributed by atoms with Gasteiger partial charge in [0.05, 0.1) is 12.4 Å². The number of benzene rings is 2. The third kappa shape index (κ3) is 5.71. The summed E-state index contributed by atoms with van der Waals surface area (Å²) in [5.74, 6) is 0.759. The van der Waals surface area contributed by atoms with Crippen LogP contribution in [0, 0.1) is 6.92 Å². The molecule has 0 aliphatic heterocycles. The van der Waals surface area contributed by atoms with Gasteiger partial charge in [0, 0.05) is 12.2 Å². The maximum Gasteiger partial charge on any atom is 0.233 e. The van der Waals surface area contributed by atoms with Crippen molar-refractivity contribution in [2.45, 2.75) is 30.0 Å². The molecular formula is C20H22N4O2S2. The van der Waals surface area contributed by atoms with Crippen LogP contribution in [0.5, 0.6) is 5.75 Å². The number of amides is 1. The number of aryl methyl sites for hydroxylation is 1. The van der Waals surface area contributed by atoms with Gasteiger partial charge in [-0.25, -0.2) is 0 Å². The topological polar surface area (TPSA) is 76.1 Å². The molecule has 0 spiro atoms. The average Bonchev–Trinajstić information content (AvgIpc) is 3.15. The molecule has 3 rings (SSSR count). The van der Waals surface area contributed by atoms with Crippen molar-refractivity contribution in [2.24, 2.45) is 0 Å². The van der Waals surface area contributed by atoms with Crippen LogP contribution >= 0.6 is 23.1 Å². The number of thioether (sulfide) groups is 1. The van der Waals surface area contributed by atoms with Crippen LogP contribution < -0.4 is 15.4 Å². The summed E-state index contributed by atoms with van der Waals surface area (Å²) in [4.78, 5) is 12.4. The van der Waals surface area contributed by atoms with Crippen molar-refractivity contribution in [2.75, 3.05) is 12.4 Å². The lowest BCUT2D eigenvalue weighted by atomic mass is 10.2. The van der Waals surface area contributed by atoms with Gasteiger partial charge in [0.1, 0.15) is 5.75 Å². The first kappa shape index (κ1) is 20.2. The van der Waals surface area contributed by atoms with Crippen molar-refractivity contribution < 1.29 is 9.53 Å². The lowest BCUT2D eigenvalue weighted by Crippen LogP contribution is -2.30. The molecule has 0 fully saturated rings. The smallest absolute Gasteiger partial charge is 0.233 e. The SMILES string of the molecule is COc1ccc(CNC(=O)[C@@H](C)Sc2nnc(Nc3ccc(C)cc3)s2)cc1. The summed E-state index contributed by atoms with van der Waals surface area (Å²) in [5.41, 5.74) is 3.18. The molecule has 1 heterocycles. The van der Waals surface area contributed by atoms with Crippen LogP contribution in [0.3, 0.4) is 0 Å². The van der Waals surface area contributed by atoms with E-state index in [4.69, 9.17) is 4.74 Å². The molecule has 0 bridgehead atoms. The molecule has 28 heavy (non-hydrogen) atoms. The Labute approximate surface area is 172 Å². The van der Waals surface area contributed by atoms with Crippen LogP contribution in [0.4, 0.5) is 10.8 Å². The Morgan fingerprint density at radius 3 is 2.54 bits per heavy atom. The Bertz CT molecular complexity index is 911. The zero-order valence-corrected chi connectivity index (χ0v) is 17.6. The van der Waals surface area contributed by atoms with E-state index in [1.54, 1.807) is 7.11 Å². The second-order valence-corrected chi connectivity index (χ2v) is 8.76. The molecule has 0 unspecified atom stereocenters. The normalized spacial score (nSPS) is 11.7. The maximum absolute atomic E-state index is 12.4. The highest BCUT2D eigenvalue weighted by Crippen LogP contribution is 2.30. The first-order valence-corrected chi connectivity index (χ1v) is 10.5.